The molecule has 4 heteroatoms. The van der Waals surface area contributed by atoms with E-state index >= 15 is 0 Å². The maximum absolute atomic E-state index is 13.0. The van der Waals surface area contributed by atoms with Crippen molar-refractivity contribution in [2.45, 2.75) is 39.5 Å². The Morgan fingerprint density at radius 1 is 1.10 bits per heavy atom. The summed E-state index contributed by atoms with van der Waals surface area (Å²) in [5.41, 5.74) is 7.78. The van der Waals surface area contributed by atoms with Crippen LogP contribution < -0.4 is 0 Å². The van der Waals surface area contributed by atoms with Gasteiger partial charge in [0.15, 0.2) is 5.65 Å². The molecule has 2 heterocycles. The Bertz CT molecular complexity index is 1310. The summed E-state index contributed by atoms with van der Waals surface area (Å²) >= 11 is 0. The van der Waals surface area contributed by atoms with E-state index < -0.39 is 0 Å². The second-order valence-corrected chi connectivity index (χ2v) is 8.14. The van der Waals surface area contributed by atoms with E-state index in [0.717, 1.165) is 40.7 Å². The number of hydrogen-bond donors (Lipinski definition) is 0. The summed E-state index contributed by atoms with van der Waals surface area (Å²) in [4.78, 5) is 18.0. The normalized spacial score (nSPS) is 14.1. The molecule has 2 aromatic carbocycles. The molecular formula is C27H26N2O2. The third-order valence-electron chi connectivity index (χ3n) is 6.04. The zero-order valence-corrected chi connectivity index (χ0v) is 18.0. The number of esters is 1. The molecular weight excluding hydrogens is 384 g/mol. The summed E-state index contributed by atoms with van der Waals surface area (Å²) in [6, 6.07) is 18.6. The average Bonchev–Trinajstić information content (AvgIpc) is 3.14. The molecule has 0 saturated heterocycles. The van der Waals surface area contributed by atoms with E-state index in [2.05, 4.69) is 53.8 Å². The van der Waals surface area contributed by atoms with Crippen molar-refractivity contribution in [2.24, 2.45) is 0 Å². The van der Waals surface area contributed by atoms with Gasteiger partial charge in [-0.15, -0.1) is 0 Å². The van der Waals surface area contributed by atoms with Gasteiger partial charge >= 0.3 is 5.97 Å². The molecule has 156 valence electrons. The van der Waals surface area contributed by atoms with Gasteiger partial charge in [-0.2, -0.15) is 0 Å². The molecule has 0 fully saturated rings. The molecule has 1 aliphatic rings. The zero-order chi connectivity index (χ0) is 21.4. The highest BCUT2D eigenvalue weighted by atomic mass is 16.5. The zero-order valence-electron chi connectivity index (χ0n) is 18.0. The van der Waals surface area contributed by atoms with Crippen LogP contribution >= 0.6 is 0 Å². The van der Waals surface area contributed by atoms with Crippen LogP contribution in [0.25, 0.3) is 33.4 Å². The van der Waals surface area contributed by atoms with Crippen molar-refractivity contribution in [3.8, 4) is 11.3 Å². The van der Waals surface area contributed by atoms with Crippen LogP contribution in [0.3, 0.4) is 0 Å². The van der Waals surface area contributed by atoms with E-state index in [9.17, 15) is 4.79 Å². The fourth-order valence-electron chi connectivity index (χ4n) is 4.50. The number of ether oxygens (including phenoxy) is 1. The minimum Gasteiger partial charge on any atom is -0.462 e. The molecule has 0 radical (unpaired) electrons. The van der Waals surface area contributed by atoms with Crippen LogP contribution in [0.2, 0.25) is 0 Å². The van der Waals surface area contributed by atoms with Crippen LogP contribution in [0.15, 0.2) is 60.7 Å². The third-order valence-corrected chi connectivity index (χ3v) is 6.04. The number of benzene rings is 2. The van der Waals surface area contributed by atoms with Crippen LogP contribution in [0.5, 0.6) is 0 Å². The number of allylic oxidation sites excluding steroid dienone is 2. The van der Waals surface area contributed by atoms with Crippen LogP contribution in [-0.2, 0) is 4.74 Å². The Balaban J connectivity index is 1.88. The molecule has 0 aliphatic heterocycles. The third kappa shape index (κ3) is 3.42. The van der Waals surface area contributed by atoms with Gasteiger partial charge in [0, 0.05) is 10.9 Å². The largest absolute Gasteiger partial charge is 0.462 e. The van der Waals surface area contributed by atoms with Gasteiger partial charge in [0.25, 0.3) is 0 Å². The lowest BCUT2D eigenvalue weighted by Crippen LogP contribution is -2.07. The van der Waals surface area contributed by atoms with Gasteiger partial charge in [-0.05, 0) is 57.2 Å². The highest BCUT2D eigenvalue weighted by Gasteiger charge is 2.24. The van der Waals surface area contributed by atoms with Crippen LogP contribution in [0.4, 0.5) is 0 Å². The molecule has 5 rings (SSSR count). The van der Waals surface area contributed by atoms with Gasteiger partial charge < -0.3 is 4.74 Å². The summed E-state index contributed by atoms with van der Waals surface area (Å²) in [5, 5.41) is 0.882. The van der Waals surface area contributed by atoms with Crippen molar-refractivity contribution in [3.05, 3.63) is 77.5 Å². The van der Waals surface area contributed by atoms with Crippen molar-refractivity contribution >= 4 is 28.1 Å². The molecule has 0 saturated carbocycles. The molecule has 2 aromatic heterocycles. The SMILES string of the molecule is CCOC(=O)c1c2ccccc2n2c(C3=CCCCC3)cc(-c3ccc(C)cc3)nc12. The maximum atomic E-state index is 13.0. The van der Waals surface area contributed by atoms with Crippen LogP contribution in [0.1, 0.15) is 54.2 Å². The first-order valence-corrected chi connectivity index (χ1v) is 11.0. The molecule has 0 unspecified atom stereocenters. The number of carbonyl (C=O) groups is 1. The number of fused-ring (bicyclic) bond motifs is 3. The molecule has 0 bridgehead atoms. The number of nitrogens with zero attached hydrogens (tertiary/aromatic N) is 2. The predicted molar refractivity (Wildman–Crippen MR) is 125 cm³/mol. The van der Waals surface area contributed by atoms with E-state index in [1.165, 1.54) is 24.0 Å². The van der Waals surface area contributed by atoms with Crippen molar-refractivity contribution in [1.82, 2.24) is 9.38 Å². The van der Waals surface area contributed by atoms with Crippen molar-refractivity contribution in [3.63, 3.8) is 0 Å². The highest BCUT2D eigenvalue weighted by Crippen LogP contribution is 2.35. The van der Waals surface area contributed by atoms with Gasteiger partial charge in [0.2, 0.25) is 0 Å². The summed E-state index contributed by atoms with van der Waals surface area (Å²) in [6.07, 6.45) is 6.87. The Morgan fingerprint density at radius 2 is 1.90 bits per heavy atom. The van der Waals surface area contributed by atoms with Gasteiger partial charge in [-0.1, -0.05) is 54.1 Å². The van der Waals surface area contributed by atoms with Crippen molar-refractivity contribution in [1.29, 1.82) is 0 Å². The van der Waals surface area contributed by atoms with E-state index in [0.29, 0.717) is 17.8 Å². The van der Waals surface area contributed by atoms with Crippen molar-refractivity contribution in [2.75, 3.05) is 6.61 Å². The summed E-state index contributed by atoms with van der Waals surface area (Å²) in [6.45, 7) is 4.25. The summed E-state index contributed by atoms with van der Waals surface area (Å²) in [7, 11) is 0. The standard InChI is InChI=1S/C27H26N2O2/c1-3-31-27(30)25-21-11-7-8-12-23(21)29-24(20-9-5-4-6-10-20)17-22(28-26(25)29)19-15-13-18(2)14-16-19/h7-9,11-17H,3-6,10H2,1-2H3. The number of aromatic nitrogens is 2. The van der Waals surface area contributed by atoms with E-state index in [1.807, 2.05) is 25.1 Å². The minimum atomic E-state index is -0.321. The number of para-hydroxylation sites is 1. The lowest BCUT2D eigenvalue weighted by atomic mass is 9.96. The van der Waals surface area contributed by atoms with Crippen molar-refractivity contribution < 1.29 is 9.53 Å². The molecule has 31 heavy (non-hydrogen) atoms. The average molecular weight is 411 g/mol. The Hall–Kier alpha value is -3.40. The first kappa shape index (κ1) is 19.6. The van der Waals surface area contributed by atoms with Gasteiger partial charge in [-0.3, -0.25) is 4.40 Å². The molecule has 1 aliphatic carbocycles. The van der Waals surface area contributed by atoms with E-state index in [-0.39, 0.29) is 5.97 Å². The molecule has 0 amide bonds. The lowest BCUT2D eigenvalue weighted by Gasteiger charge is -2.17. The lowest BCUT2D eigenvalue weighted by molar-refractivity contribution is 0.0530. The topological polar surface area (TPSA) is 43.6 Å². The second kappa shape index (κ2) is 8.03. The number of hydrogen-bond acceptors (Lipinski definition) is 3. The Kier molecular flexibility index (Phi) is 5.06. The fourth-order valence-corrected chi connectivity index (χ4v) is 4.50. The van der Waals surface area contributed by atoms with Crippen LogP contribution in [0, 0.1) is 6.92 Å². The summed E-state index contributed by atoms with van der Waals surface area (Å²) < 4.78 is 7.59. The molecule has 4 nitrogen and oxygen atoms in total. The van der Waals surface area contributed by atoms with E-state index in [1.54, 1.807) is 0 Å². The molecule has 0 spiro atoms. The smallest absolute Gasteiger partial charge is 0.342 e. The Labute approximate surface area is 182 Å². The fraction of sp³-hybridized carbons (Fsp3) is 0.259. The highest BCUT2D eigenvalue weighted by molar-refractivity contribution is 6.11. The molecule has 0 N–H and O–H groups in total. The Morgan fingerprint density at radius 3 is 2.65 bits per heavy atom. The van der Waals surface area contributed by atoms with Crippen LogP contribution in [-0.4, -0.2) is 22.0 Å². The summed E-state index contributed by atoms with van der Waals surface area (Å²) in [5.74, 6) is -0.321. The first-order chi connectivity index (χ1) is 15.2. The first-order valence-electron chi connectivity index (χ1n) is 11.0. The number of carbonyl (C=O) groups excluding carboxylic acids is 1. The number of aryl methyl sites for hydroxylation is 1. The second-order valence-electron chi connectivity index (χ2n) is 8.14. The van der Waals surface area contributed by atoms with Gasteiger partial charge in [0.1, 0.15) is 5.56 Å². The predicted octanol–water partition coefficient (Wildman–Crippen LogP) is 6.60. The van der Waals surface area contributed by atoms with Gasteiger partial charge in [0.05, 0.1) is 23.5 Å². The quantitative estimate of drug-likeness (QED) is 0.356. The van der Waals surface area contributed by atoms with E-state index in [4.69, 9.17) is 9.72 Å². The maximum Gasteiger partial charge on any atom is 0.342 e. The monoisotopic (exact) mass is 410 g/mol. The molecule has 4 aromatic rings. The molecule has 0 atom stereocenters. The van der Waals surface area contributed by atoms with Gasteiger partial charge in [-0.25, -0.2) is 9.78 Å². The number of rotatable bonds is 4. The minimum absolute atomic E-state index is 0.321.